The van der Waals surface area contributed by atoms with Crippen LogP contribution in [0.4, 0.5) is 18.3 Å². The number of aliphatic hydroxyl groups is 1. The molecule has 18 nitrogen and oxygen atoms in total. The molecule has 3 amide bonds. The van der Waals surface area contributed by atoms with Crippen LogP contribution in [0.15, 0.2) is 27.0 Å². The first-order valence-corrected chi connectivity index (χ1v) is 14.6. The fourth-order valence-corrected chi connectivity index (χ4v) is 6.78. The number of aliphatic carboxylic acids is 2. The topological polar surface area (TPSA) is 251 Å². The Morgan fingerprint density at radius 2 is 2.02 bits per heavy atom. The van der Waals surface area contributed by atoms with E-state index in [1.54, 1.807) is 5.32 Å². The van der Waals surface area contributed by atoms with E-state index < -0.39 is 70.7 Å². The fraction of sp³-hybridized carbons (Fsp3) is 0.400. The molecule has 0 saturated carbocycles. The van der Waals surface area contributed by atoms with Crippen LogP contribution in [0.2, 0.25) is 0 Å². The summed E-state index contributed by atoms with van der Waals surface area (Å²) in [5, 5.41) is 46.5. The van der Waals surface area contributed by atoms with E-state index in [-0.39, 0.29) is 28.1 Å². The van der Waals surface area contributed by atoms with Crippen molar-refractivity contribution in [2.45, 2.75) is 35.4 Å². The Labute approximate surface area is 254 Å². The van der Waals surface area contributed by atoms with E-state index in [4.69, 9.17) is 5.11 Å². The number of aliphatic hydroxyl groups excluding tert-OH is 1. The number of hydrogen-bond donors (Lipinski definition) is 5. The number of β-lactam (4-membered cyclic amide) rings is 1. The zero-order valence-corrected chi connectivity index (χ0v) is 24.2. The number of halogens is 3. The van der Waals surface area contributed by atoms with Crippen LogP contribution in [0, 0.1) is 0 Å². The molecule has 0 spiro atoms. The number of carboxylic acid groups (broad SMARTS) is 2. The lowest BCUT2D eigenvalue weighted by Gasteiger charge is -2.49. The van der Waals surface area contributed by atoms with Gasteiger partial charge >= 0.3 is 24.0 Å². The van der Waals surface area contributed by atoms with Gasteiger partial charge < -0.3 is 25.5 Å². The molecule has 2 aliphatic rings. The number of hydrogen-bond acceptors (Lipinski definition) is 15. The van der Waals surface area contributed by atoms with Crippen molar-refractivity contribution in [2.75, 3.05) is 23.9 Å². The second-order valence-electron chi connectivity index (χ2n) is 8.52. The highest BCUT2D eigenvalue weighted by Gasteiger charge is 2.54. The number of aromatic nitrogens is 5. The van der Waals surface area contributed by atoms with Crippen LogP contribution in [-0.4, -0.2) is 123 Å². The maximum Gasteiger partial charge on any atom is 0.471 e. The number of anilines is 1. The quantitative estimate of drug-likeness (QED) is 0.0776. The number of amides is 3. The van der Waals surface area contributed by atoms with Gasteiger partial charge in [0.15, 0.2) is 16.9 Å². The summed E-state index contributed by atoms with van der Waals surface area (Å²) in [6.45, 7) is -0.461. The third kappa shape index (κ3) is 6.92. The van der Waals surface area contributed by atoms with Gasteiger partial charge in [0.05, 0.1) is 6.54 Å². The molecule has 2 aromatic rings. The Kier molecular flexibility index (Phi) is 9.75. The zero-order valence-electron chi connectivity index (χ0n) is 21.7. The lowest BCUT2D eigenvalue weighted by atomic mass is 10.0. The van der Waals surface area contributed by atoms with E-state index in [1.807, 2.05) is 0 Å². The van der Waals surface area contributed by atoms with Gasteiger partial charge in [0.1, 0.15) is 29.9 Å². The molecule has 0 bridgehead atoms. The van der Waals surface area contributed by atoms with E-state index in [2.05, 4.69) is 35.8 Å². The third-order valence-corrected chi connectivity index (χ3v) is 8.81. The molecule has 3 atom stereocenters. The molecule has 0 aromatic carbocycles. The first kappa shape index (κ1) is 32.6. The van der Waals surface area contributed by atoms with Gasteiger partial charge in [-0.05, 0) is 16.0 Å². The summed E-state index contributed by atoms with van der Waals surface area (Å²) in [7, 11) is 1.08. The van der Waals surface area contributed by atoms with Crippen molar-refractivity contribution in [3.63, 3.8) is 0 Å². The minimum atomic E-state index is -5.18. The Hall–Kier alpha value is -4.29. The van der Waals surface area contributed by atoms with Crippen molar-refractivity contribution < 1.29 is 57.3 Å². The highest BCUT2D eigenvalue weighted by molar-refractivity contribution is 8.01. The van der Waals surface area contributed by atoms with Crippen LogP contribution < -0.4 is 10.6 Å². The number of nitrogens with one attached hydrogen (secondary N) is 2. The molecule has 1 fully saturated rings. The number of rotatable bonds is 12. The molecule has 0 radical (unpaired) electrons. The van der Waals surface area contributed by atoms with Gasteiger partial charge in [-0.3, -0.25) is 24.6 Å². The summed E-state index contributed by atoms with van der Waals surface area (Å²) >= 11 is 2.64. The first-order valence-electron chi connectivity index (χ1n) is 11.7. The van der Waals surface area contributed by atoms with Crippen LogP contribution in [-0.2, 0) is 35.4 Å². The third-order valence-electron chi connectivity index (χ3n) is 5.66. The zero-order chi connectivity index (χ0) is 32.3. The van der Waals surface area contributed by atoms with Gasteiger partial charge in [0, 0.05) is 16.9 Å². The summed E-state index contributed by atoms with van der Waals surface area (Å²) in [5.41, 5.74) is -0.833. The molecule has 24 heteroatoms. The molecule has 5 N–H and O–H groups in total. The molecule has 4 rings (SSSR count). The fourth-order valence-electron chi connectivity index (χ4n) is 3.72. The Morgan fingerprint density at radius 3 is 2.66 bits per heavy atom. The molecule has 2 aliphatic heterocycles. The van der Waals surface area contributed by atoms with Crippen molar-refractivity contribution in [1.82, 2.24) is 35.4 Å². The highest BCUT2D eigenvalue weighted by Crippen LogP contribution is 2.41. The minimum Gasteiger partial charge on any atom is -0.479 e. The second-order valence-corrected chi connectivity index (χ2v) is 11.4. The predicted molar refractivity (Wildman–Crippen MR) is 142 cm³/mol. The summed E-state index contributed by atoms with van der Waals surface area (Å²) in [6.07, 6.45) is -6.96. The molecule has 1 saturated heterocycles. The van der Waals surface area contributed by atoms with Crippen molar-refractivity contribution in [1.29, 1.82) is 0 Å². The summed E-state index contributed by atoms with van der Waals surface area (Å²) in [6, 6.07) is -1.22. The number of carbonyl (C=O) groups is 5. The number of thiazole rings is 1. The van der Waals surface area contributed by atoms with Gasteiger partial charge in [0.2, 0.25) is 5.16 Å². The van der Waals surface area contributed by atoms with E-state index in [9.17, 15) is 47.4 Å². The van der Waals surface area contributed by atoms with Crippen LogP contribution in [0.3, 0.4) is 0 Å². The van der Waals surface area contributed by atoms with Crippen molar-refractivity contribution in [3.05, 3.63) is 22.3 Å². The average molecular weight is 682 g/mol. The van der Waals surface area contributed by atoms with Crippen molar-refractivity contribution >= 4 is 75.4 Å². The molecule has 2 unspecified atom stereocenters. The van der Waals surface area contributed by atoms with Crippen molar-refractivity contribution in [3.8, 4) is 0 Å². The molecular weight excluding hydrogens is 663 g/mol. The minimum absolute atomic E-state index is 0.0205. The number of carbonyl (C=O) groups excluding carboxylic acids is 3. The molecule has 4 heterocycles. The maximum absolute atomic E-state index is 13.0. The number of carboxylic acids is 2. The monoisotopic (exact) mass is 681 g/mol. The second kappa shape index (κ2) is 13.1. The van der Waals surface area contributed by atoms with Gasteiger partial charge in [-0.1, -0.05) is 16.9 Å². The van der Waals surface area contributed by atoms with Crippen molar-refractivity contribution in [2.24, 2.45) is 5.16 Å². The largest absolute Gasteiger partial charge is 0.479 e. The number of thioether (sulfide) groups is 2. The molecule has 236 valence electrons. The molecular formula is C20H18F3N9O9S3. The number of fused-ring (bicyclic) bond motifs is 1. The molecule has 2 aromatic heterocycles. The molecule has 44 heavy (non-hydrogen) atoms. The first-order chi connectivity index (χ1) is 20.7. The number of tetrazole rings is 1. The Balaban J connectivity index is 1.45. The van der Waals surface area contributed by atoms with Crippen LogP contribution in [0.1, 0.15) is 5.69 Å². The van der Waals surface area contributed by atoms with Crippen LogP contribution in [0.5, 0.6) is 0 Å². The lowest BCUT2D eigenvalue weighted by Crippen LogP contribution is -2.71. The standard InChI is InChI=1S/C20H18F3N9O9S3/c1-41-28-9(7-5-43-18(24-7)26-17(40)20(21,22)23)12(34)25-10-13(35)32-11(16(38)39)6(3-42-14(10)32)4-44-19-27-29-30-31(19)2-8(33)15(36)37/h5,8,10,14,33H,2-4H2,1H3,(H,25,34)(H,36,37)(H,38,39)(H,24,26,40)/t8?,10?,14-/m1/s1. The average Bonchev–Trinajstić information content (AvgIpc) is 3.61. The van der Waals surface area contributed by atoms with Gasteiger partial charge in [-0.15, -0.1) is 28.2 Å². The number of oxime groups is 1. The van der Waals surface area contributed by atoms with E-state index in [0.717, 1.165) is 45.6 Å². The van der Waals surface area contributed by atoms with E-state index in [0.29, 0.717) is 16.9 Å². The van der Waals surface area contributed by atoms with Crippen LogP contribution >= 0.6 is 34.9 Å². The van der Waals surface area contributed by atoms with Gasteiger partial charge in [-0.2, -0.15) is 13.2 Å². The smallest absolute Gasteiger partial charge is 0.471 e. The maximum atomic E-state index is 13.0. The lowest BCUT2D eigenvalue weighted by molar-refractivity contribution is -0.167. The Bertz CT molecular complexity index is 1560. The molecule has 0 aliphatic carbocycles. The summed E-state index contributed by atoms with van der Waals surface area (Å²) in [4.78, 5) is 69.6. The Morgan fingerprint density at radius 1 is 1.30 bits per heavy atom. The van der Waals surface area contributed by atoms with E-state index in [1.165, 1.54) is 0 Å². The van der Waals surface area contributed by atoms with E-state index >= 15 is 0 Å². The number of nitrogens with zero attached hydrogens (tertiary/aromatic N) is 7. The number of alkyl halides is 3. The summed E-state index contributed by atoms with van der Waals surface area (Å²) < 4.78 is 38.7. The van der Waals surface area contributed by atoms with Gasteiger partial charge in [-0.25, -0.2) is 19.3 Å². The van der Waals surface area contributed by atoms with Gasteiger partial charge in [0.25, 0.3) is 11.8 Å². The normalized spacial score (nSPS) is 19.2. The SMILES string of the molecule is CON=C(C(=O)NC1C(=O)N2C(C(=O)O)=C(CSc3nnnn3CC(O)C(=O)O)CS[C@H]12)c1csc(NC(=O)C(F)(F)F)n1. The van der Waals surface area contributed by atoms with Crippen LogP contribution in [0.25, 0.3) is 0 Å². The predicted octanol–water partition coefficient (Wildman–Crippen LogP) is -1.04. The summed E-state index contributed by atoms with van der Waals surface area (Å²) in [5.74, 6) is -6.91. The highest BCUT2D eigenvalue weighted by atomic mass is 32.2.